The summed E-state index contributed by atoms with van der Waals surface area (Å²) in [5.74, 6) is -0.384. The van der Waals surface area contributed by atoms with E-state index in [9.17, 15) is 13.2 Å². The summed E-state index contributed by atoms with van der Waals surface area (Å²) in [6, 6.07) is 14.6. The van der Waals surface area contributed by atoms with Crippen molar-refractivity contribution in [1.29, 1.82) is 0 Å². The number of imidazole rings is 1. The van der Waals surface area contributed by atoms with Gasteiger partial charge in [0, 0.05) is 29.4 Å². The predicted molar refractivity (Wildman–Crippen MR) is 139 cm³/mol. The van der Waals surface area contributed by atoms with Gasteiger partial charge in [0.15, 0.2) is 17.0 Å². The SMILES string of the molecule is CC(C)Oc1nc(N2CCC(C(F)(F)F)CC2)c2nc(-c3ccccc3Cl)n(-c3ccc(Cl)cc3)c2n1. The van der Waals surface area contributed by atoms with Crippen molar-refractivity contribution in [2.45, 2.75) is 39.0 Å². The predicted octanol–water partition coefficient (Wildman–Crippen LogP) is 7.36. The van der Waals surface area contributed by atoms with Crippen LogP contribution >= 0.6 is 23.2 Å². The second-order valence-corrected chi connectivity index (χ2v) is 10.0. The molecule has 0 bridgehead atoms. The minimum absolute atomic E-state index is 0.0232. The molecule has 1 saturated heterocycles. The molecule has 37 heavy (non-hydrogen) atoms. The third-order valence-electron chi connectivity index (χ3n) is 6.27. The summed E-state index contributed by atoms with van der Waals surface area (Å²) in [7, 11) is 0. The first-order valence-corrected chi connectivity index (χ1v) is 12.7. The lowest BCUT2D eigenvalue weighted by atomic mass is 9.96. The molecule has 0 saturated carbocycles. The molecule has 1 aliphatic rings. The highest BCUT2D eigenvalue weighted by atomic mass is 35.5. The molecule has 6 nitrogen and oxygen atoms in total. The van der Waals surface area contributed by atoms with Crippen LogP contribution in [-0.2, 0) is 0 Å². The van der Waals surface area contributed by atoms with Crippen LogP contribution in [0.2, 0.25) is 10.0 Å². The quantitative estimate of drug-likeness (QED) is 0.260. The molecule has 1 fully saturated rings. The number of ether oxygens (including phenoxy) is 1. The first kappa shape index (κ1) is 25.6. The topological polar surface area (TPSA) is 56.1 Å². The molecule has 0 N–H and O–H groups in total. The second-order valence-electron chi connectivity index (χ2n) is 9.20. The Kier molecular flexibility index (Phi) is 6.93. The van der Waals surface area contributed by atoms with Crippen LogP contribution in [0.5, 0.6) is 6.01 Å². The van der Waals surface area contributed by atoms with Gasteiger partial charge in [-0.05, 0) is 63.1 Å². The Morgan fingerprint density at radius 3 is 2.24 bits per heavy atom. The summed E-state index contributed by atoms with van der Waals surface area (Å²) in [4.78, 5) is 16.0. The first-order chi connectivity index (χ1) is 17.6. The molecule has 0 aliphatic carbocycles. The van der Waals surface area contributed by atoms with Crippen LogP contribution in [-0.4, -0.2) is 44.9 Å². The van der Waals surface area contributed by atoms with Gasteiger partial charge in [-0.3, -0.25) is 4.57 Å². The van der Waals surface area contributed by atoms with E-state index in [2.05, 4.69) is 9.97 Å². The largest absolute Gasteiger partial charge is 0.461 e. The summed E-state index contributed by atoms with van der Waals surface area (Å²) >= 11 is 12.7. The maximum absolute atomic E-state index is 13.3. The van der Waals surface area contributed by atoms with Gasteiger partial charge in [0.25, 0.3) is 0 Å². The Bertz CT molecular complexity index is 1410. The number of nitrogens with zero attached hydrogens (tertiary/aromatic N) is 5. The number of benzene rings is 2. The van der Waals surface area contributed by atoms with E-state index in [1.54, 1.807) is 18.2 Å². The van der Waals surface area contributed by atoms with Crippen molar-refractivity contribution in [3.63, 3.8) is 0 Å². The van der Waals surface area contributed by atoms with Crippen molar-refractivity contribution in [3.8, 4) is 23.1 Å². The van der Waals surface area contributed by atoms with E-state index in [1.165, 1.54) is 0 Å². The average molecular weight is 550 g/mol. The fourth-order valence-electron chi connectivity index (χ4n) is 4.48. The van der Waals surface area contributed by atoms with E-state index in [4.69, 9.17) is 32.9 Å². The van der Waals surface area contributed by atoms with Gasteiger partial charge < -0.3 is 9.64 Å². The van der Waals surface area contributed by atoms with Gasteiger partial charge in [0.05, 0.1) is 17.0 Å². The number of alkyl halides is 3. The van der Waals surface area contributed by atoms with Gasteiger partial charge >= 0.3 is 12.2 Å². The van der Waals surface area contributed by atoms with Gasteiger partial charge in [-0.2, -0.15) is 23.1 Å². The van der Waals surface area contributed by atoms with E-state index in [-0.39, 0.29) is 38.0 Å². The van der Waals surface area contributed by atoms with Crippen LogP contribution in [0.1, 0.15) is 26.7 Å². The number of anilines is 1. The van der Waals surface area contributed by atoms with Gasteiger partial charge in [0.1, 0.15) is 5.82 Å². The Hall–Kier alpha value is -3.04. The number of hydrogen-bond acceptors (Lipinski definition) is 5. The highest BCUT2D eigenvalue weighted by molar-refractivity contribution is 6.33. The van der Waals surface area contributed by atoms with Gasteiger partial charge in [-0.1, -0.05) is 35.3 Å². The molecule has 4 aromatic rings. The summed E-state index contributed by atoms with van der Waals surface area (Å²) in [5.41, 5.74) is 2.31. The van der Waals surface area contributed by atoms with Gasteiger partial charge in [-0.15, -0.1) is 0 Å². The summed E-state index contributed by atoms with van der Waals surface area (Å²) in [6.07, 6.45) is -4.47. The monoisotopic (exact) mass is 549 g/mol. The number of piperidine rings is 1. The van der Waals surface area contributed by atoms with E-state index < -0.39 is 12.1 Å². The molecule has 194 valence electrons. The van der Waals surface area contributed by atoms with Gasteiger partial charge in [-0.25, -0.2) is 4.98 Å². The molecule has 0 unspecified atom stereocenters. The fraction of sp³-hybridized carbons (Fsp3) is 0.346. The minimum Gasteiger partial charge on any atom is -0.461 e. The molecule has 1 aliphatic heterocycles. The number of hydrogen-bond donors (Lipinski definition) is 0. The second kappa shape index (κ2) is 10.0. The van der Waals surface area contributed by atoms with Crippen LogP contribution in [0.15, 0.2) is 48.5 Å². The number of fused-ring (bicyclic) bond motifs is 1. The highest BCUT2D eigenvalue weighted by Gasteiger charge is 2.41. The maximum Gasteiger partial charge on any atom is 0.391 e. The van der Waals surface area contributed by atoms with E-state index in [0.717, 1.165) is 5.69 Å². The molecule has 0 radical (unpaired) electrons. The summed E-state index contributed by atoms with van der Waals surface area (Å²) in [6.45, 7) is 4.08. The van der Waals surface area contributed by atoms with Crippen LogP contribution in [0.3, 0.4) is 0 Å². The van der Waals surface area contributed by atoms with Gasteiger partial charge in [0.2, 0.25) is 0 Å². The zero-order valence-corrected chi connectivity index (χ0v) is 21.6. The first-order valence-electron chi connectivity index (χ1n) is 11.9. The molecular weight excluding hydrogens is 526 g/mol. The lowest BCUT2D eigenvalue weighted by Gasteiger charge is -2.33. The minimum atomic E-state index is -4.22. The van der Waals surface area contributed by atoms with Crippen molar-refractivity contribution in [1.82, 2.24) is 19.5 Å². The van der Waals surface area contributed by atoms with Crippen LogP contribution in [0, 0.1) is 5.92 Å². The lowest BCUT2D eigenvalue weighted by Crippen LogP contribution is -2.39. The number of aromatic nitrogens is 4. The fourth-order valence-corrected chi connectivity index (χ4v) is 4.83. The van der Waals surface area contributed by atoms with E-state index in [1.807, 2.05) is 53.6 Å². The third kappa shape index (κ3) is 5.20. The van der Waals surface area contributed by atoms with Crippen molar-refractivity contribution >= 4 is 40.2 Å². The Morgan fingerprint density at radius 1 is 0.946 bits per heavy atom. The number of halogens is 5. The lowest BCUT2D eigenvalue weighted by molar-refractivity contribution is -0.179. The standard InChI is InChI=1S/C26H24Cl2F3N5O/c1-15(2)37-25-33-23(35-13-11-16(12-14-35)26(29,30)31)21-24(34-25)36(18-9-7-17(27)8-10-18)22(32-21)19-5-3-4-6-20(19)28/h3-10,15-16H,11-14H2,1-2H3. The Morgan fingerprint density at radius 2 is 1.62 bits per heavy atom. The third-order valence-corrected chi connectivity index (χ3v) is 6.85. The van der Waals surface area contributed by atoms with Crippen LogP contribution < -0.4 is 9.64 Å². The van der Waals surface area contributed by atoms with Crippen molar-refractivity contribution in [3.05, 3.63) is 58.6 Å². The highest BCUT2D eigenvalue weighted by Crippen LogP contribution is 2.39. The molecule has 11 heteroatoms. The Labute approximate surface area is 222 Å². The summed E-state index contributed by atoms with van der Waals surface area (Å²) in [5, 5.41) is 1.06. The molecule has 2 aromatic heterocycles. The molecule has 0 spiro atoms. The molecule has 2 aromatic carbocycles. The van der Waals surface area contributed by atoms with Crippen molar-refractivity contribution in [2.24, 2.45) is 5.92 Å². The van der Waals surface area contributed by atoms with Crippen LogP contribution in [0.4, 0.5) is 19.0 Å². The molecular formula is C26H24Cl2F3N5O. The van der Waals surface area contributed by atoms with Crippen molar-refractivity contribution < 1.29 is 17.9 Å². The zero-order chi connectivity index (χ0) is 26.3. The number of rotatable bonds is 5. The molecule has 3 heterocycles. The van der Waals surface area contributed by atoms with E-state index >= 15 is 0 Å². The summed E-state index contributed by atoms with van der Waals surface area (Å²) < 4.78 is 47.7. The normalized spacial score (nSPS) is 15.1. The smallest absolute Gasteiger partial charge is 0.391 e. The van der Waals surface area contributed by atoms with E-state index in [0.29, 0.717) is 38.4 Å². The molecule has 5 rings (SSSR count). The zero-order valence-electron chi connectivity index (χ0n) is 20.1. The molecule has 0 amide bonds. The van der Waals surface area contributed by atoms with Crippen molar-refractivity contribution in [2.75, 3.05) is 18.0 Å². The molecule has 0 atom stereocenters. The average Bonchev–Trinajstić information content (AvgIpc) is 3.22. The Balaban J connectivity index is 1.73. The maximum atomic E-state index is 13.3. The van der Waals surface area contributed by atoms with Crippen LogP contribution in [0.25, 0.3) is 28.2 Å².